The molecule has 0 radical (unpaired) electrons. The number of hydrogen-bond donors (Lipinski definition) is 2. The molecule has 58 valence electrons. The molecule has 0 aliphatic rings. The number of rotatable bonds is 3. The fraction of sp³-hybridized carbons (Fsp3) is 0.667. The summed E-state index contributed by atoms with van der Waals surface area (Å²) >= 11 is 0. The molecule has 1 unspecified atom stereocenters. The Morgan fingerprint density at radius 1 is 1.50 bits per heavy atom. The average Bonchev–Trinajstić information content (AvgIpc) is 1.60. The molecule has 1 atom stereocenters. The standard InChI is InChI=1S/C6H10O4/c1-4(7)6(2,10)3-5(8)9/h10H,3H2,1-2H3,(H,8,9). The Morgan fingerprint density at radius 3 is 2.00 bits per heavy atom. The molecule has 0 spiro atoms. The van der Waals surface area contributed by atoms with Crippen LogP contribution in [0.2, 0.25) is 0 Å². The molecule has 10 heavy (non-hydrogen) atoms. The summed E-state index contributed by atoms with van der Waals surface area (Å²) in [6.45, 7) is 2.34. The van der Waals surface area contributed by atoms with Crippen LogP contribution in [-0.2, 0) is 9.59 Å². The van der Waals surface area contributed by atoms with Crippen LogP contribution in [0, 0.1) is 0 Å². The zero-order valence-corrected chi connectivity index (χ0v) is 5.92. The highest BCUT2D eigenvalue weighted by atomic mass is 16.4. The molecule has 0 fully saturated rings. The van der Waals surface area contributed by atoms with Crippen molar-refractivity contribution in [2.24, 2.45) is 0 Å². The van der Waals surface area contributed by atoms with Crippen LogP contribution >= 0.6 is 0 Å². The maximum atomic E-state index is 10.5. The smallest absolute Gasteiger partial charge is 0.306 e. The predicted molar refractivity (Wildman–Crippen MR) is 33.6 cm³/mol. The number of carboxylic acid groups (broad SMARTS) is 1. The molecule has 0 aliphatic heterocycles. The van der Waals surface area contributed by atoms with Crippen LogP contribution in [0.1, 0.15) is 20.3 Å². The topological polar surface area (TPSA) is 74.6 Å². The van der Waals surface area contributed by atoms with Gasteiger partial charge >= 0.3 is 5.97 Å². The van der Waals surface area contributed by atoms with Gasteiger partial charge in [-0.05, 0) is 13.8 Å². The lowest BCUT2D eigenvalue weighted by Crippen LogP contribution is -2.35. The SMILES string of the molecule is CC(=O)C(C)(O)CC(=O)O. The molecule has 0 saturated heterocycles. The number of Topliss-reactive ketones (excluding diaryl/α,β-unsaturated/α-hetero) is 1. The van der Waals surface area contributed by atoms with E-state index in [-0.39, 0.29) is 0 Å². The second-order valence-electron chi connectivity index (χ2n) is 2.40. The highest BCUT2D eigenvalue weighted by Crippen LogP contribution is 2.09. The van der Waals surface area contributed by atoms with Crippen molar-refractivity contribution in [3.05, 3.63) is 0 Å². The highest BCUT2D eigenvalue weighted by molar-refractivity contribution is 5.88. The fourth-order valence-electron chi connectivity index (χ4n) is 0.419. The van der Waals surface area contributed by atoms with Gasteiger partial charge in [-0.2, -0.15) is 0 Å². The van der Waals surface area contributed by atoms with Crippen molar-refractivity contribution in [3.63, 3.8) is 0 Å². The number of carbonyl (C=O) groups excluding carboxylic acids is 1. The van der Waals surface area contributed by atoms with Gasteiger partial charge in [-0.1, -0.05) is 0 Å². The zero-order valence-electron chi connectivity index (χ0n) is 5.92. The molecule has 0 bridgehead atoms. The third-order valence-corrected chi connectivity index (χ3v) is 1.25. The van der Waals surface area contributed by atoms with Crippen molar-refractivity contribution in [2.75, 3.05) is 0 Å². The lowest BCUT2D eigenvalue weighted by Gasteiger charge is -2.15. The number of carboxylic acids is 1. The summed E-state index contributed by atoms with van der Waals surface area (Å²) in [6.07, 6.45) is -0.539. The van der Waals surface area contributed by atoms with Crippen LogP contribution in [0.4, 0.5) is 0 Å². The number of carbonyl (C=O) groups is 2. The first-order valence-corrected chi connectivity index (χ1v) is 2.81. The van der Waals surface area contributed by atoms with Crippen LogP contribution < -0.4 is 0 Å². The minimum Gasteiger partial charge on any atom is -0.481 e. The van der Waals surface area contributed by atoms with E-state index in [2.05, 4.69) is 0 Å². The normalized spacial score (nSPS) is 15.9. The van der Waals surface area contributed by atoms with Crippen molar-refractivity contribution in [3.8, 4) is 0 Å². The van der Waals surface area contributed by atoms with E-state index in [0.29, 0.717) is 0 Å². The molecular weight excluding hydrogens is 136 g/mol. The van der Waals surface area contributed by atoms with Crippen molar-refractivity contribution in [1.82, 2.24) is 0 Å². The van der Waals surface area contributed by atoms with Crippen molar-refractivity contribution < 1.29 is 19.8 Å². The molecule has 0 aromatic heterocycles. The number of ketones is 1. The summed E-state index contributed by atoms with van der Waals surface area (Å²) in [5.74, 6) is -1.71. The first-order chi connectivity index (χ1) is 4.36. The summed E-state index contributed by atoms with van der Waals surface area (Å²) < 4.78 is 0. The maximum absolute atomic E-state index is 10.5. The van der Waals surface area contributed by atoms with Crippen molar-refractivity contribution in [2.45, 2.75) is 25.9 Å². The molecule has 0 aromatic rings. The lowest BCUT2D eigenvalue weighted by molar-refractivity contribution is -0.148. The Labute approximate surface area is 58.5 Å². The van der Waals surface area contributed by atoms with Crippen LogP contribution in [0.5, 0.6) is 0 Å². The van der Waals surface area contributed by atoms with Gasteiger partial charge in [0.15, 0.2) is 5.78 Å². The van der Waals surface area contributed by atoms with Gasteiger partial charge in [-0.15, -0.1) is 0 Å². The molecule has 0 heterocycles. The average molecular weight is 146 g/mol. The third kappa shape index (κ3) is 2.59. The van der Waals surface area contributed by atoms with E-state index >= 15 is 0 Å². The second-order valence-corrected chi connectivity index (χ2v) is 2.40. The number of aliphatic hydroxyl groups is 1. The Kier molecular flexibility index (Phi) is 2.54. The summed E-state index contributed by atoms with van der Waals surface area (Å²) in [7, 11) is 0. The summed E-state index contributed by atoms with van der Waals surface area (Å²) in [5, 5.41) is 17.2. The van der Waals surface area contributed by atoms with E-state index < -0.39 is 23.8 Å². The summed E-state index contributed by atoms with van der Waals surface area (Å²) in [5.41, 5.74) is -1.72. The van der Waals surface area contributed by atoms with Gasteiger partial charge in [0, 0.05) is 0 Å². The largest absolute Gasteiger partial charge is 0.481 e. The predicted octanol–water partition coefficient (Wildman–Crippen LogP) is -0.199. The van der Waals surface area contributed by atoms with Crippen molar-refractivity contribution >= 4 is 11.8 Å². The number of aliphatic carboxylic acids is 1. The summed E-state index contributed by atoms with van der Waals surface area (Å²) in [6, 6.07) is 0. The Bertz CT molecular complexity index is 159. The molecular formula is C6H10O4. The fourth-order valence-corrected chi connectivity index (χ4v) is 0.419. The monoisotopic (exact) mass is 146 g/mol. The molecule has 0 amide bonds. The first kappa shape index (κ1) is 9.10. The van der Waals surface area contributed by atoms with Crippen LogP contribution in [0.25, 0.3) is 0 Å². The molecule has 0 saturated carbocycles. The Morgan fingerprint density at radius 2 is 1.90 bits per heavy atom. The second kappa shape index (κ2) is 2.79. The Balaban J connectivity index is 4.13. The van der Waals surface area contributed by atoms with Gasteiger partial charge in [0.2, 0.25) is 0 Å². The van der Waals surface area contributed by atoms with E-state index in [1.807, 2.05) is 0 Å². The van der Waals surface area contributed by atoms with E-state index in [4.69, 9.17) is 10.2 Å². The van der Waals surface area contributed by atoms with E-state index in [0.717, 1.165) is 6.92 Å². The maximum Gasteiger partial charge on any atom is 0.306 e. The van der Waals surface area contributed by atoms with Gasteiger partial charge < -0.3 is 10.2 Å². The van der Waals surface area contributed by atoms with Gasteiger partial charge in [-0.25, -0.2) is 0 Å². The molecule has 0 rings (SSSR count). The Hall–Kier alpha value is -0.900. The summed E-state index contributed by atoms with van der Waals surface area (Å²) in [4.78, 5) is 20.5. The van der Waals surface area contributed by atoms with E-state index in [9.17, 15) is 9.59 Å². The first-order valence-electron chi connectivity index (χ1n) is 2.81. The van der Waals surface area contributed by atoms with Crippen LogP contribution in [0.15, 0.2) is 0 Å². The van der Waals surface area contributed by atoms with E-state index in [1.165, 1.54) is 6.92 Å². The molecule has 0 aliphatic carbocycles. The highest BCUT2D eigenvalue weighted by Gasteiger charge is 2.28. The lowest BCUT2D eigenvalue weighted by atomic mass is 9.98. The minimum absolute atomic E-state index is 0.532. The van der Waals surface area contributed by atoms with Gasteiger partial charge in [0.05, 0.1) is 6.42 Å². The molecule has 4 heteroatoms. The quantitative estimate of drug-likeness (QED) is 0.578. The van der Waals surface area contributed by atoms with Crippen LogP contribution in [0.3, 0.4) is 0 Å². The van der Waals surface area contributed by atoms with Gasteiger partial charge in [-0.3, -0.25) is 9.59 Å². The van der Waals surface area contributed by atoms with Gasteiger partial charge in [0.25, 0.3) is 0 Å². The third-order valence-electron chi connectivity index (χ3n) is 1.25. The minimum atomic E-state index is -1.72. The molecule has 4 nitrogen and oxygen atoms in total. The molecule has 2 N–H and O–H groups in total. The van der Waals surface area contributed by atoms with Crippen molar-refractivity contribution in [1.29, 1.82) is 0 Å². The van der Waals surface area contributed by atoms with E-state index in [1.54, 1.807) is 0 Å². The van der Waals surface area contributed by atoms with Crippen LogP contribution in [-0.4, -0.2) is 27.6 Å². The molecule has 0 aromatic carbocycles. The zero-order chi connectivity index (χ0) is 8.36. The number of hydrogen-bond acceptors (Lipinski definition) is 3. The van der Waals surface area contributed by atoms with Gasteiger partial charge in [0.1, 0.15) is 5.60 Å².